The lowest BCUT2D eigenvalue weighted by atomic mass is 9.93. The summed E-state index contributed by atoms with van der Waals surface area (Å²) in [5.74, 6) is 2.87. The molecule has 3 N–H and O–H groups in total. The third-order valence-electron chi connectivity index (χ3n) is 6.25. The van der Waals surface area contributed by atoms with Crippen LogP contribution in [0.15, 0.2) is 35.8 Å². The van der Waals surface area contributed by atoms with Crippen LogP contribution in [0.2, 0.25) is 0 Å². The lowest BCUT2D eigenvalue weighted by Crippen LogP contribution is -2.48. The highest BCUT2D eigenvalue weighted by atomic mass is 32.2. The Bertz CT molecular complexity index is 1230. The predicted octanol–water partition coefficient (Wildman–Crippen LogP) is 3.80. The van der Waals surface area contributed by atoms with E-state index in [1.165, 1.54) is 25.4 Å². The number of nitrogens with one attached hydrogen (secondary N) is 1. The molecule has 8 nitrogen and oxygen atoms in total. The molecule has 166 valence electrons. The fraction of sp³-hybridized carbons (Fsp3) is 0.409. The van der Waals surface area contributed by atoms with E-state index in [-0.39, 0.29) is 4.75 Å². The molecule has 3 aromatic heterocycles. The first-order valence-electron chi connectivity index (χ1n) is 10.4. The van der Waals surface area contributed by atoms with Crippen molar-refractivity contribution < 1.29 is 9.13 Å². The van der Waals surface area contributed by atoms with E-state index in [9.17, 15) is 4.39 Å². The minimum atomic E-state index is -0.786. The van der Waals surface area contributed by atoms with Crippen molar-refractivity contribution in [1.29, 1.82) is 0 Å². The summed E-state index contributed by atoms with van der Waals surface area (Å²) in [6.45, 7) is 4.06. The molecule has 2 aliphatic rings. The number of thioether (sulfide) groups is 1. The van der Waals surface area contributed by atoms with Crippen molar-refractivity contribution in [1.82, 2.24) is 19.9 Å². The molecule has 0 amide bonds. The number of ether oxygens (including phenoxy) is 1. The number of rotatable bonds is 5. The van der Waals surface area contributed by atoms with E-state index in [4.69, 9.17) is 15.5 Å². The van der Waals surface area contributed by atoms with E-state index >= 15 is 0 Å². The van der Waals surface area contributed by atoms with Crippen LogP contribution in [0.25, 0.3) is 11.0 Å². The maximum atomic E-state index is 14.9. The van der Waals surface area contributed by atoms with Gasteiger partial charge in [-0.05, 0) is 38.7 Å². The summed E-state index contributed by atoms with van der Waals surface area (Å²) in [6, 6.07) is 3.44. The summed E-state index contributed by atoms with van der Waals surface area (Å²) in [5.41, 5.74) is 7.24. The third kappa shape index (κ3) is 3.52. The second-order valence-electron chi connectivity index (χ2n) is 8.58. The summed E-state index contributed by atoms with van der Waals surface area (Å²) in [5, 5.41) is 3.15. The van der Waals surface area contributed by atoms with Gasteiger partial charge in [-0.1, -0.05) is 0 Å². The van der Waals surface area contributed by atoms with Gasteiger partial charge in [0.1, 0.15) is 35.1 Å². The number of halogens is 1. The molecule has 1 aliphatic heterocycles. The van der Waals surface area contributed by atoms with Crippen LogP contribution in [-0.2, 0) is 5.54 Å². The molecule has 0 radical (unpaired) electrons. The Balaban J connectivity index is 1.49. The second kappa shape index (κ2) is 7.54. The number of nitrogens with zero attached hydrogens (tertiary/aromatic N) is 5. The molecule has 4 heterocycles. The van der Waals surface area contributed by atoms with Gasteiger partial charge in [0.25, 0.3) is 0 Å². The Kier molecular flexibility index (Phi) is 4.92. The van der Waals surface area contributed by atoms with Gasteiger partial charge in [0.15, 0.2) is 5.82 Å². The van der Waals surface area contributed by atoms with Gasteiger partial charge in [0.05, 0.1) is 35.3 Å². The van der Waals surface area contributed by atoms with Gasteiger partial charge in [-0.2, -0.15) is 0 Å². The van der Waals surface area contributed by atoms with Crippen molar-refractivity contribution in [3.63, 3.8) is 0 Å². The zero-order valence-electron chi connectivity index (χ0n) is 18.1. The fourth-order valence-electron chi connectivity index (χ4n) is 4.04. The molecule has 0 spiro atoms. The van der Waals surface area contributed by atoms with Crippen molar-refractivity contribution >= 4 is 40.3 Å². The normalized spacial score (nSPS) is 25.4. The largest absolute Gasteiger partial charge is 0.495 e. The number of amidine groups is 1. The Morgan fingerprint density at radius 2 is 1.97 bits per heavy atom. The summed E-state index contributed by atoms with van der Waals surface area (Å²) in [4.78, 5) is 21.9. The number of pyridine rings is 2. The van der Waals surface area contributed by atoms with Gasteiger partial charge < -0.3 is 15.8 Å². The molecule has 1 saturated carbocycles. The monoisotopic (exact) mass is 453 g/mol. The van der Waals surface area contributed by atoms with E-state index in [1.807, 2.05) is 6.92 Å². The molecule has 2 atom stereocenters. The molecule has 0 aromatic carbocycles. The van der Waals surface area contributed by atoms with Crippen LogP contribution in [-0.4, -0.2) is 43.4 Å². The third-order valence-corrected chi connectivity index (χ3v) is 8.10. The number of aromatic nitrogens is 4. The Labute approximate surface area is 189 Å². The number of nitrogens with two attached hydrogens (primary N) is 1. The average Bonchev–Trinajstić information content (AvgIpc) is 3.64. The number of hydrogen-bond acceptors (Lipinski definition) is 9. The molecular weight excluding hydrogens is 429 g/mol. The van der Waals surface area contributed by atoms with Crippen LogP contribution in [0.1, 0.15) is 32.3 Å². The zero-order chi connectivity index (χ0) is 22.5. The van der Waals surface area contributed by atoms with Gasteiger partial charge in [-0.15, -0.1) is 11.8 Å². The summed E-state index contributed by atoms with van der Waals surface area (Å²) >= 11 is 1.76. The van der Waals surface area contributed by atoms with Gasteiger partial charge >= 0.3 is 0 Å². The molecule has 1 fully saturated rings. The van der Waals surface area contributed by atoms with Crippen molar-refractivity contribution in [3.8, 4) is 5.75 Å². The molecule has 5 rings (SSSR count). The topological polar surface area (TPSA) is 111 Å². The van der Waals surface area contributed by atoms with Crippen molar-refractivity contribution in [2.45, 2.75) is 37.0 Å². The second-order valence-corrected chi connectivity index (χ2v) is 10.0. The zero-order valence-corrected chi connectivity index (χ0v) is 18.9. The average molecular weight is 454 g/mol. The first-order chi connectivity index (χ1) is 15.3. The lowest BCUT2D eigenvalue weighted by molar-refractivity contribution is 0.413. The molecule has 10 heteroatoms. The van der Waals surface area contributed by atoms with Crippen LogP contribution in [0.3, 0.4) is 0 Å². The molecule has 1 aliphatic carbocycles. The Morgan fingerprint density at radius 1 is 1.16 bits per heavy atom. The predicted molar refractivity (Wildman–Crippen MR) is 124 cm³/mol. The van der Waals surface area contributed by atoms with E-state index in [1.54, 1.807) is 37.2 Å². The smallest absolute Gasteiger partial charge is 0.161 e. The van der Waals surface area contributed by atoms with Crippen molar-refractivity contribution in [3.05, 3.63) is 42.2 Å². The summed E-state index contributed by atoms with van der Waals surface area (Å²) in [6.07, 6.45) is 6.56. The first-order valence-corrected chi connectivity index (χ1v) is 11.4. The van der Waals surface area contributed by atoms with E-state index < -0.39 is 11.4 Å². The number of aliphatic imine (C=N–C) groups is 1. The number of hydrogen-bond donors (Lipinski definition) is 2. The molecule has 3 aromatic rings. The quantitative estimate of drug-likeness (QED) is 0.600. The van der Waals surface area contributed by atoms with E-state index in [0.717, 1.165) is 0 Å². The number of methoxy groups -OCH3 is 1. The lowest BCUT2D eigenvalue weighted by Gasteiger charge is -2.40. The highest BCUT2D eigenvalue weighted by Crippen LogP contribution is 2.52. The van der Waals surface area contributed by atoms with Crippen LogP contribution in [0.5, 0.6) is 5.75 Å². The van der Waals surface area contributed by atoms with E-state index in [0.29, 0.717) is 51.5 Å². The van der Waals surface area contributed by atoms with Gasteiger partial charge in [0.2, 0.25) is 0 Å². The standard InChI is InChI=1S/C22H24FN7OS/c1-21(10-32-22(2,12-4-5-12)20(24)30-21)14-7-17(25-9-15(14)23)29-19-18-16(27-11-28-19)6-13(31-3)8-26-18/h6-9,11-12H,4-5,10H2,1-3H3,(H2,24,30)(H,25,27,28,29)/t21-,22-/m0/s1. The Morgan fingerprint density at radius 3 is 2.69 bits per heavy atom. The summed E-state index contributed by atoms with van der Waals surface area (Å²) < 4.78 is 19.9. The number of fused-ring (bicyclic) bond motifs is 1. The van der Waals surface area contributed by atoms with Gasteiger partial charge in [0, 0.05) is 17.4 Å². The van der Waals surface area contributed by atoms with Crippen LogP contribution in [0, 0.1) is 11.7 Å². The van der Waals surface area contributed by atoms with Gasteiger partial charge in [-0.25, -0.2) is 24.3 Å². The molecule has 0 unspecified atom stereocenters. The number of anilines is 2. The van der Waals surface area contributed by atoms with Gasteiger partial charge in [-0.3, -0.25) is 4.99 Å². The summed E-state index contributed by atoms with van der Waals surface area (Å²) in [7, 11) is 1.57. The van der Waals surface area contributed by atoms with Crippen LogP contribution in [0.4, 0.5) is 16.0 Å². The Hall–Kier alpha value is -3.01. The SMILES string of the molecule is COc1cnc2c(Nc3cc([C@]4(C)CS[C@@](C)(C5CC5)C(N)=N4)c(F)cn3)ncnc2c1. The van der Waals surface area contributed by atoms with Crippen LogP contribution < -0.4 is 15.8 Å². The first kappa shape index (κ1) is 20.9. The van der Waals surface area contributed by atoms with Crippen molar-refractivity contribution in [2.24, 2.45) is 16.6 Å². The molecular formula is C22H24FN7OS. The maximum Gasteiger partial charge on any atom is 0.161 e. The minimum Gasteiger partial charge on any atom is -0.495 e. The van der Waals surface area contributed by atoms with Crippen molar-refractivity contribution in [2.75, 3.05) is 18.2 Å². The highest BCUT2D eigenvalue weighted by molar-refractivity contribution is 8.01. The molecule has 0 bridgehead atoms. The van der Waals surface area contributed by atoms with Crippen LogP contribution >= 0.6 is 11.8 Å². The molecule has 0 saturated heterocycles. The van der Waals surface area contributed by atoms with E-state index in [2.05, 4.69) is 32.2 Å². The highest BCUT2D eigenvalue weighted by Gasteiger charge is 2.50. The minimum absolute atomic E-state index is 0.170. The maximum absolute atomic E-state index is 14.9. The fourth-order valence-corrected chi connectivity index (χ4v) is 5.51. The molecule has 32 heavy (non-hydrogen) atoms.